The first-order valence-electron chi connectivity index (χ1n) is 23.6. The number of hydrogen-bond acceptors (Lipinski definition) is 10. The summed E-state index contributed by atoms with van der Waals surface area (Å²) in [4.78, 5) is 51.5. The van der Waals surface area contributed by atoms with Crippen LogP contribution in [0, 0.1) is 0 Å². The molecule has 5 rings (SSSR count). The fourth-order valence-electron chi connectivity index (χ4n) is 7.03. The minimum absolute atomic E-state index is 0.152. The molecule has 0 N–H and O–H groups in total. The van der Waals surface area contributed by atoms with Gasteiger partial charge in [0, 0.05) is 6.07 Å². The van der Waals surface area contributed by atoms with Crippen LogP contribution < -0.4 is 28.4 Å². The molecule has 0 aromatic heterocycles. The molecule has 0 spiro atoms. The average Bonchev–Trinajstić information content (AvgIpc) is 3.33. The standard InChI is InChI=1S/C56H64O10/c1-3-5-7-9-11-13-14-16-18-20-41-62-48-34-26-44(27-35-48)54(58)64-50-38-30-46(31-39-50)56(60)66-52-23-21-22-51(42-52)65-55(59)45-28-36-49(37-29-45)63-53(57)43-24-32-47(33-25-43)61-40-19-17-15-12-10-8-6-4-2/h4,21-39,42H,2-3,5-20,40-41H2,1H3. The van der Waals surface area contributed by atoms with Crippen LogP contribution in [0.3, 0.4) is 0 Å². The zero-order chi connectivity index (χ0) is 46.6. The number of unbranched alkanes of at least 4 members (excludes halogenated alkanes) is 15. The Morgan fingerprint density at radius 2 is 0.682 bits per heavy atom. The van der Waals surface area contributed by atoms with Crippen LogP contribution in [0.15, 0.2) is 134 Å². The van der Waals surface area contributed by atoms with Crippen LogP contribution >= 0.6 is 0 Å². The van der Waals surface area contributed by atoms with Gasteiger partial charge < -0.3 is 28.4 Å². The molecule has 0 aliphatic rings. The number of esters is 4. The molecule has 348 valence electrons. The molecule has 0 fully saturated rings. The lowest BCUT2D eigenvalue weighted by Gasteiger charge is -2.09. The maximum absolute atomic E-state index is 13.0. The summed E-state index contributed by atoms with van der Waals surface area (Å²) in [7, 11) is 0. The first-order valence-corrected chi connectivity index (χ1v) is 23.6. The molecule has 66 heavy (non-hydrogen) atoms. The Balaban J connectivity index is 0.987. The Hall–Kier alpha value is -6.68. The molecule has 0 atom stereocenters. The average molecular weight is 897 g/mol. The van der Waals surface area contributed by atoms with Gasteiger partial charge in [0.1, 0.15) is 34.5 Å². The molecule has 0 saturated carbocycles. The lowest BCUT2D eigenvalue weighted by molar-refractivity contribution is 0.0723. The second-order valence-corrected chi connectivity index (χ2v) is 16.2. The first-order chi connectivity index (χ1) is 32.3. The highest BCUT2D eigenvalue weighted by atomic mass is 16.6. The highest BCUT2D eigenvalue weighted by Gasteiger charge is 2.15. The van der Waals surface area contributed by atoms with Crippen molar-refractivity contribution in [2.75, 3.05) is 13.2 Å². The molecule has 10 nitrogen and oxygen atoms in total. The lowest BCUT2D eigenvalue weighted by atomic mass is 10.1. The van der Waals surface area contributed by atoms with Crippen LogP contribution in [0.25, 0.3) is 0 Å². The zero-order valence-electron chi connectivity index (χ0n) is 38.3. The van der Waals surface area contributed by atoms with Gasteiger partial charge in [0.25, 0.3) is 0 Å². The van der Waals surface area contributed by atoms with Crippen LogP contribution in [-0.4, -0.2) is 37.1 Å². The molecular formula is C56H64O10. The van der Waals surface area contributed by atoms with Gasteiger partial charge in [-0.15, -0.1) is 6.58 Å². The summed E-state index contributed by atoms with van der Waals surface area (Å²) >= 11 is 0. The van der Waals surface area contributed by atoms with Gasteiger partial charge >= 0.3 is 23.9 Å². The van der Waals surface area contributed by atoms with E-state index in [9.17, 15) is 19.2 Å². The Bertz CT molecular complexity index is 2230. The smallest absolute Gasteiger partial charge is 0.343 e. The summed E-state index contributed by atoms with van der Waals surface area (Å²) in [6, 6.07) is 31.7. The molecule has 0 radical (unpaired) electrons. The van der Waals surface area contributed by atoms with Gasteiger partial charge in [-0.05, 0) is 135 Å². The fraction of sp³-hybridized carbons (Fsp3) is 0.357. The summed E-state index contributed by atoms with van der Waals surface area (Å²) in [5.41, 5.74) is 1.17. The minimum Gasteiger partial charge on any atom is -0.494 e. The molecular weight excluding hydrogens is 833 g/mol. The molecule has 0 unspecified atom stereocenters. The van der Waals surface area contributed by atoms with Crippen LogP contribution in [-0.2, 0) is 0 Å². The molecule has 0 bridgehead atoms. The Morgan fingerprint density at radius 1 is 0.379 bits per heavy atom. The van der Waals surface area contributed by atoms with Crippen molar-refractivity contribution in [3.8, 4) is 34.5 Å². The summed E-state index contributed by atoms with van der Waals surface area (Å²) < 4.78 is 33.8. The second-order valence-electron chi connectivity index (χ2n) is 16.2. The summed E-state index contributed by atoms with van der Waals surface area (Å²) in [5.74, 6) is -0.197. The third-order valence-corrected chi connectivity index (χ3v) is 10.8. The molecule has 0 saturated heterocycles. The van der Waals surface area contributed by atoms with Gasteiger partial charge in [-0.3, -0.25) is 0 Å². The van der Waals surface area contributed by atoms with E-state index >= 15 is 0 Å². The van der Waals surface area contributed by atoms with E-state index in [0.717, 1.165) is 32.1 Å². The maximum Gasteiger partial charge on any atom is 0.343 e. The molecule has 0 aliphatic carbocycles. The quantitative estimate of drug-likeness (QED) is 0.0190. The monoisotopic (exact) mass is 896 g/mol. The van der Waals surface area contributed by atoms with Crippen molar-refractivity contribution in [2.24, 2.45) is 0 Å². The Kier molecular flexibility index (Phi) is 22.1. The van der Waals surface area contributed by atoms with Crippen molar-refractivity contribution in [3.05, 3.63) is 156 Å². The van der Waals surface area contributed by atoms with Crippen molar-refractivity contribution >= 4 is 23.9 Å². The van der Waals surface area contributed by atoms with Gasteiger partial charge in [0.15, 0.2) is 0 Å². The third-order valence-electron chi connectivity index (χ3n) is 10.8. The molecule has 5 aromatic carbocycles. The SMILES string of the molecule is C=CCCCCCCCCOc1ccc(C(=O)Oc2ccc(C(=O)Oc3cccc(OC(=O)c4ccc(OC(=O)c5ccc(OCCCCCCCCCCCC)cc5)cc4)c3)cc2)cc1. The van der Waals surface area contributed by atoms with Gasteiger partial charge in [-0.2, -0.15) is 0 Å². The summed E-state index contributed by atoms with van der Waals surface area (Å²) in [6.07, 6.45) is 22.6. The van der Waals surface area contributed by atoms with Crippen molar-refractivity contribution in [1.82, 2.24) is 0 Å². The molecule has 0 amide bonds. The fourth-order valence-corrected chi connectivity index (χ4v) is 7.03. The summed E-state index contributed by atoms with van der Waals surface area (Å²) in [6.45, 7) is 7.26. The number of benzene rings is 5. The highest BCUT2D eigenvalue weighted by molar-refractivity contribution is 5.94. The van der Waals surface area contributed by atoms with Crippen molar-refractivity contribution in [2.45, 2.75) is 116 Å². The first kappa shape index (κ1) is 50.3. The van der Waals surface area contributed by atoms with Crippen molar-refractivity contribution < 1.29 is 47.6 Å². The van der Waals surface area contributed by atoms with Crippen LogP contribution in [0.1, 0.15) is 158 Å². The molecule has 5 aromatic rings. The Morgan fingerprint density at radius 3 is 1.03 bits per heavy atom. The highest BCUT2D eigenvalue weighted by Crippen LogP contribution is 2.24. The topological polar surface area (TPSA) is 124 Å². The lowest BCUT2D eigenvalue weighted by Crippen LogP contribution is -2.11. The van der Waals surface area contributed by atoms with Gasteiger partial charge in [0.05, 0.1) is 35.5 Å². The van der Waals surface area contributed by atoms with E-state index in [1.54, 1.807) is 66.7 Å². The van der Waals surface area contributed by atoms with E-state index in [4.69, 9.17) is 28.4 Å². The maximum atomic E-state index is 13.0. The number of rotatable bonds is 30. The molecule has 0 aliphatic heterocycles. The Labute approximate surface area is 390 Å². The largest absolute Gasteiger partial charge is 0.494 e. The van der Waals surface area contributed by atoms with E-state index in [0.29, 0.717) is 35.8 Å². The third kappa shape index (κ3) is 18.4. The van der Waals surface area contributed by atoms with E-state index in [2.05, 4.69) is 13.5 Å². The number of carbonyl (C=O) groups excluding carboxylic acids is 4. The van der Waals surface area contributed by atoms with Crippen molar-refractivity contribution in [3.63, 3.8) is 0 Å². The van der Waals surface area contributed by atoms with Crippen LogP contribution in [0.2, 0.25) is 0 Å². The molecule has 0 heterocycles. The normalized spacial score (nSPS) is 10.7. The zero-order valence-corrected chi connectivity index (χ0v) is 38.3. The predicted molar refractivity (Wildman–Crippen MR) is 257 cm³/mol. The second kappa shape index (κ2) is 29.0. The van der Waals surface area contributed by atoms with E-state index in [1.165, 1.54) is 132 Å². The van der Waals surface area contributed by atoms with Gasteiger partial charge in [-0.1, -0.05) is 103 Å². The number of ether oxygens (including phenoxy) is 6. The van der Waals surface area contributed by atoms with Gasteiger partial charge in [0.2, 0.25) is 0 Å². The molecule has 10 heteroatoms. The minimum atomic E-state index is -0.663. The van der Waals surface area contributed by atoms with E-state index in [-0.39, 0.29) is 34.1 Å². The van der Waals surface area contributed by atoms with Crippen LogP contribution in [0.4, 0.5) is 0 Å². The van der Waals surface area contributed by atoms with Crippen LogP contribution in [0.5, 0.6) is 34.5 Å². The predicted octanol–water partition coefficient (Wildman–Crippen LogP) is 14.2. The number of carbonyl (C=O) groups is 4. The van der Waals surface area contributed by atoms with Gasteiger partial charge in [-0.25, -0.2) is 19.2 Å². The number of hydrogen-bond donors (Lipinski definition) is 0. The van der Waals surface area contributed by atoms with Crippen molar-refractivity contribution in [1.29, 1.82) is 0 Å². The van der Waals surface area contributed by atoms with E-state index < -0.39 is 23.9 Å². The summed E-state index contributed by atoms with van der Waals surface area (Å²) in [5, 5.41) is 0. The number of allylic oxidation sites excluding steroid dienone is 1. The van der Waals surface area contributed by atoms with E-state index in [1.807, 2.05) is 6.08 Å².